The van der Waals surface area contributed by atoms with Crippen LogP contribution >= 0.6 is 7.82 Å². The Kier molecular flexibility index (Phi) is 32.1. The Morgan fingerprint density at radius 1 is 0.738 bits per heavy atom. The molecule has 3 amide bonds. The van der Waals surface area contributed by atoms with Crippen LogP contribution in [0.3, 0.4) is 0 Å². The van der Waals surface area contributed by atoms with Crippen molar-refractivity contribution in [3.05, 3.63) is 0 Å². The van der Waals surface area contributed by atoms with Gasteiger partial charge in [0.25, 0.3) is 7.82 Å². The van der Waals surface area contributed by atoms with Gasteiger partial charge in [0.15, 0.2) is 0 Å². The van der Waals surface area contributed by atoms with E-state index in [4.69, 9.17) is 33.2 Å². The second-order valence-electron chi connectivity index (χ2n) is 7.71. The Morgan fingerprint density at radius 2 is 1.36 bits per heavy atom. The first-order valence-electron chi connectivity index (χ1n) is 12.6. The minimum Gasteiger partial charge on any atom is -0.756 e. The summed E-state index contributed by atoms with van der Waals surface area (Å²) in [6.07, 6.45) is -1.55. The number of hydrogen-bond acceptors (Lipinski definition) is 14. The Hall–Kier alpha value is -2.08. The van der Waals surface area contributed by atoms with Crippen molar-refractivity contribution in [3.8, 4) is 0 Å². The molecule has 0 aromatic rings. The molecule has 0 aliphatic heterocycles. The van der Waals surface area contributed by atoms with Gasteiger partial charge in [0.05, 0.1) is 39.6 Å². The lowest BCUT2D eigenvalue weighted by Gasteiger charge is -2.20. The number of phosphoric ester groups is 1. The monoisotopic (exact) mass is 636 g/mol. The van der Waals surface area contributed by atoms with Crippen LogP contribution in [0.1, 0.15) is 34.1 Å². The predicted molar refractivity (Wildman–Crippen MR) is 150 cm³/mol. The van der Waals surface area contributed by atoms with Crippen molar-refractivity contribution >= 4 is 25.9 Å². The molecule has 0 aromatic heterocycles. The average Bonchev–Trinajstić information content (AvgIpc) is 2.93. The van der Waals surface area contributed by atoms with Crippen molar-refractivity contribution in [2.45, 2.75) is 40.2 Å². The second-order valence-corrected chi connectivity index (χ2v) is 9.23. The van der Waals surface area contributed by atoms with Gasteiger partial charge in [-0.15, -0.1) is 0 Å². The molecule has 0 heterocycles. The summed E-state index contributed by atoms with van der Waals surface area (Å²) < 4.78 is 55.7. The maximum atomic E-state index is 11.9. The minimum atomic E-state index is -4.28. The average molecular weight is 637 g/mol. The molecule has 18 heteroatoms. The van der Waals surface area contributed by atoms with Crippen molar-refractivity contribution < 1.29 is 66.0 Å². The molecule has 0 aromatic carbocycles. The standard InChI is InChI=1S/C22H44N3O14P.2CH4/c1-31-12-14-34-11-8-24-21(27)37-16-19(17-38-22(28)25-18-35-15-13-32-2)36-9-4-6-20(26)23-7-5-10-39-40(29,30)33-3;;/h19H,4-18H2,1-3H3,(H,23,26)(H,24,27)(H,25,28)(H,29,30);2*1H4/p-1. The van der Waals surface area contributed by atoms with Crippen molar-refractivity contribution in [2.24, 2.45) is 0 Å². The third-order valence-corrected chi connectivity index (χ3v) is 5.46. The molecule has 0 aliphatic rings. The van der Waals surface area contributed by atoms with Crippen LogP contribution in [0.2, 0.25) is 0 Å². The van der Waals surface area contributed by atoms with Crippen LogP contribution in [-0.4, -0.2) is 125 Å². The Labute approximate surface area is 249 Å². The number of hydrogen-bond donors (Lipinski definition) is 3. The summed E-state index contributed by atoms with van der Waals surface area (Å²) >= 11 is 0. The highest BCUT2D eigenvalue weighted by atomic mass is 31.2. The molecule has 0 radical (unpaired) electrons. The van der Waals surface area contributed by atoms with E-state index in [2.05, 4.69) is 25.0 Å². The van der Waals surface area contributed by atoms with Crippen LogP contribution in [0.25, 0.3) is 0 Å². The highest BCUT2D eigenvalue weighted by molar-refractivity contribution is 7.45. The zero-order chi connectivity index (χ0) is 29.9. The van der Waals surface area contributed by atoms with Crippen molar-refractivity contribution in [1.29, 1.82) is 0 Å². The van der Waals surface area contributed by atoms with Gasteiger partial charge in [0.2, 0.25) is 5.91 Å². The zero-order valence-electron chi connectivity index (χ0n) is 23.3. The number of carbonyl (C=O) groups is 3. The molecule has 2 unspecified atom stereocenters. The Morgan fingerprint density at radius 3 is 1.98 bits per heavy atom. The molecule has 17 nitrogen and oxygen atoms in total. The fraction of sp³-hybridized carbons (Fsp3) is 0.875. The van der Waals surface area contributed by atoms with Gasteiger partial charge in [-0.3, -0.25) is 14.7 Å². The van der Waals surface area contributed by atoms with Crippen molar-refractivity contribution in [3.63, 3.8) is 0 Å². The molecule has 0 saturated carbocycles. The van der Waals surface area contributed by atoms with E-state index in [9.17, 15) is 23.8 Å². The maximum Gasteiger partial charge on any atom is 0.409 e. The second kappa shape index (κ2) is 30.4. The molecule has 0 aliphatic carbocycles. The van der Waals surface area contributed by atoms with E-state index in [1.807, 2.05) is 0 Å². The van der Waals surface area contributed by atoms with Crippen LogP contribution in [-0.2, 0) is 51.6 Å². The van der Waals surface area contributed by atoms with Gasteiger partial charge in [0, 0.05) is 47.4 Å². The van der Waals surface area contributed by atoms with E-state index in [1.54, 1.807) is 7.11 Å². The molecular weight excluding hydrogens is 585 g/mol. The molecule has 252 valence electrons. The Bertz CT molecular complexity index is 720. The van der Waals surface area contributed by atoms with E-state index >= 15 is 0 Å². The molecule has 42 heavy (non-hydrogen) atoms. The largest absolute Gasteiger partial charge is 0.756 e. The summed E-state index contributed by atoms with van der Waals surface area (Å²) in [5, 5.41) is 7.53. The highest BCUT2D eigenvalue weighted by Crippen LogP contribution is 2.36. The minimum absolute atomic E-state index is 0. The summed E-state index contributed by atoms with van der Waals surface area (Å²) in [5.41, 5.74) is 0. The number of carbonyl (C=O) groups excluding carboxylic acids is 3. The van der Waals surface area contributed by atoms with Gasteiger partial charge >= 0.3 is 12.2 Å². The number of rotatable bonds is 26. The first-order chi connectivity index (χ1) is 19.2. The van der Waals surface area contributed by atoms with Crippen LogP contribution < -0.4 is 20.8 Å². The molecule has 0 bridgehead atoms. The summed E-state index contributed by atoms with van der Waals surface area (Å²) in [5.74, 6) is -0.273. The number of phosphoric acid groups is 1. The first kappa shape index (κ1) is 44.4. The van der Waals surface area contributed by atoms with E-state index in [1.165, 1.54) is 7.11 Å². The number of methoxy groups -OCH3 is 2. The lowest BCUT2D eigenvalue weighted by atomic mass is 10.3. The maximum absolute atomic E-state index is 11.9. The van der Waals surface area contributed by atoms with Crippen LogP contribution in [0, 0.1) is 0 Å². The van der Waals surface area contributed by atoms with Gasteiger partial charge in [-0.2, -0.15) is 0 Å². The predicted octanol–water partition coefficient (Wildman–Crippen LogP) is 0.798. The van der Waals surface area contributed by atoms with Gasteiger partial charge < -0.3 is 57.7 Å². The van der Waals surface area contributed by atoms with E-state index < -0.39 is 26.1 Å². The molecule has 3 N–H and O–H groups in total. The van der Waals surface area contributed by atoms with Crippen LogP contribution in [0.4, 0.5) is 9.59 Å². The summed E-state index contributed by atoms with van der Waals surface area (Å²) in [4.78, 5) is 46.8. The summed E-state index contributed by atoms with van der Waals surface area (Å²) in [6, 6.07) is 0. The summed E-state index contributed by atoms with van der Waals surface area (Å²) in [7, 11) is -0.217. The Balaban J connectivity index is -0.00000760. The normalized spacial score (nSPS) is 12.6. The summed E-state index contributed by atoms with van der Waals surface area (Å²) in [6.45, 7) is 1.67. The van der Waals surface area contributed by atoms with Crippen molar-refractivity contribution in [2.75, 3.05) is 101 Å². The van der Waals surface area contributed by atoms with Crippen LogP contribution in [0.5, 0.6) is 0 Å². The zero-order valence-corrected chi connectivity index (χ0v) is 24.2. The van der Waals surface area contributed by atoms with E-state index in [-0.39, 0.29) is 86.5 Å². The first-order valence-corrected chi connectivity index (χ1v) is 14.0. The lowest BCUT2D eigenvalue weighted by Crippen LogP contribution is -2.35. The number of amides is 3. The van der Waals surface area contributed by atoms with Crippen molar-refractivity contribution in [1.82, 2.24) is 16.0 Å². The van der Waals surface area contributed by atoms with E-state index in [0.717, 1.165) is 7.11 Å². The number of alkyl carbamates (subject to hydrolysis) is 2. The number of nitrogens with one attached hydrogen (secondary N) is 3. The van der Waals surface area contributed by atoms with Gasteiger partial charge in [-0.05, 0) is 12.8 Å². The fourth-order valence-electron chi connectivity index (χ4n) is 2.48. The number of ether oxygens (including phenoxy) is 7. The molecule has 2 atom stereocenters. The van der Waals surface area contributed by atoms with E-state index in [0.29, 0.717) is 32.8 Å². The smallest absolute Gasteiger partial charge is 0.409 e. The van der Waals surface area contributed by atoms with Gasteiger partial charge in [-0.25, -0.2) is 9.59 Å². The van der Waals surface area contributed by atoms with Crippen LogP contribution in [0.15, 0.2) is 0 Å². The third kappa shape index (κ3) is 29.4. The molecular formula is C24H51N3O14P-. The van der Waals surface area contributed by atoms with Gasteiger partial charge in [0.1, 0.15) is 26.0 Å². The quantitative estimate of drug-likeness (QED) is 0.0681. The SMILES string of the molecule is C.C.COCCOCCNC(=O)OCC(COC(=O)NCOCCOC)OCCCC(=O)NCCCOP(=O)([O-])OC. The third-order valence-electron chi connectivity index (χ3n) is 4.52. The molecule has 0 fully saturated rings. The highest BCUT2D eigenvalue weighted by Gasteiger charge is 2.16. The lowest BCUT2D eigenvalue weighted by molar-refractivity contribution is -0.222. The molecule has 0 rings (SSSR count). The molecule has 0 saturated heterocycles. The fourth-order valence-corrected chi connectivity index (χ4v) is 2.94. The topological polar surface area (TPSA) is 210 Å². The van der Waals surface area contributed by atoms with Gasteiger partial charge in [-0.1, -0.05) is 14.9 Å². The molecule has 0 spiro atoms.